The van der Waals surface area contributed by atoms with Crippen LogP contribution in [0.25, 0.3) is 0 Å². The number of halogens is 1. The zero-order valence-electron chi connectivity index (χ0n) is 8.27. The van der Waals surface area contributed by atoms with Crippen LogP contribution < -0.4 is 10.5 Å². The van der Waals surface area contributed by atoms with Crippen LogP contribution in [-0.4, -0.2) is 20.1 Å². The van der Waals surface area contributed by atoms with Gasteiger partial charge in [-0.05, 0) is 18.2 Å². The summed E-state index contributed by atoms with van der Waals surface area (Å²) in [5.74, 6) is -0.166. The number of hydrogen-bond donors (Lipinski definition) is 3. The van der Waals surface area contributed by atoms with Crippen molar-refractivity contribution < 1.29 is 13.5 Å². The van der Waals surface area contributed by atoms with Crippen molar-refractivity contribution in [3.8, 4) is 5.75 Å². The molecule has 1 aromatic carbocycles. The van der Waals surface area contributed by atoms with Gasteiger partial charge in [0.15, 0.2) is 0 Å². The number of benzene rings is 1. The molecule has 0 saturated carbocycles. The average Bonchev–Trinajstić information content (AvgIpc) is 2.19. The summed E-state index contributed by atoms with van der Waals surface area (Å²) in [6, 6.07) is 3.61. The highest BCUT2D eigenvalue weighted by atomic mass is 35.5. The van der Waals surface area contributed by atoms with Gasteiger partial charge in [0.1, 0.15) is 5.75 Å². The molecule has 0 aromatic heterocycles. The van der Waals surface area contributed by atoms with E-state index in [0.29, 0.717) is 0 Å². The molecule has 0 unspecified atom stereocenters. The zero-order valence-corrected chi connectivity index (χ0v) is 9.85. The second-order valence-electron chi connectivity index (χ2n) is 3.06. The molecule has 1 rings (SSSR count). The van der Waals surface area contributed by atoms with Crippen molar-refractivity contribution in [2.45, 2.75) is 4.90 Å². The molecule has 0 atom stereocenters. The van der Waals surface area contributed by atoms with Crippen molar-refractivity contribution in [1.29, 1.82) is 0 Å². The molecule has 0 bridgehead atoms. The molecule has 7 heteroatoms. The minimum Gasteiger partial charge on any atom is -0.506 e. The van der Waals surface area contributed by atoms with Gasteiger partial charge in [0.2, 0.25) is 10.0 Å². The lowest BCUT2D eigenvalue weighted by molar-refractivity contribution is 0.477. The predicted molar refractivity (Wildman–Crippen MR) is 62.7 cm³/mol. The number of hydrogen-bond acceptors (Lipinski definition) is 4. The fourth-order valence-corrected chi connectivity index (χ4v) is 2.16. The Bertz CT molecular complexity index is 513. The van der Waals surface area contributed by atoms with E-state index in [1.807, 2.05) is 0 Å². The molecule has 1 aromatic rings. The summed E-state index contributed by atoms with van der Waals surface area (Å²) < 4.78 is 25.5. The van der Waals surface area contributed by atoms with Gasteiger partial charge >= 0.3 is 0 Å². The SMILES string of the molecule is C=C(Cl)CNS(=O)(=O)c1ccc(O)c(N)c1. The average molecular weight is 263 g/mol. The predicted octanol–water partition coefficient (Wildman–Crippen LogP) is 1.01. The first-order chi connectivity index (χ1) is 7.33. The molecule has 0 spiro atoms. The molecule has 0 saturated heterocycles. The third kappa shape index (κ3) is 3.13. The lowest BCUT2D eigenvalue weighted by atomic mass is 10.3. The third-order valence-electron chi connectivity index (χ3n) is 1.76. The first-order valence-electron chi connectivity index (χ1n) is 4.24. The van der Waals surface area contributed by atoms with Crippen LogP contribution in [0.1, 0.15) is 0 Å². The minimum atomic E-state index is -3.68. The fourth-order valence-electron chi connectivity index (χ4n) is 0.956. The van der Waals surface area contributed by atoms with Crippen molar-refractivity contribution >= 4 is 27.3 Å². The van der Waals surface area contributed by atoms with Gasteiger partial charge in [0, 0.05) is 11.6 Å². The van der Waals surface area contributed by atoms with Crippen LogP contribution in [-0.2, 0) is 10.0 Å². The summed E-state index contributed by atoms with van der Waals surface area (Å²) in [5, 5.41) is 9.33. The number of rotatable bonds is 4. The Labute approximate surface area is 98.6 Å². The molecule has 0 aliphatic rings. The lowest BCUT2D eigenvalue weighted by Crippen LogP contribution is -2.24. The molecule has 0 aliphatic heterocycles. The minimum absolute atomic E-state index is 0.00687. The summed E-state index contributed by atoms with van der Waals surface area (Å²) in [6.45, 7) is 3.29. The Hall–Kier alpha value is -1.24. The van der Waals surface area contributed by atoms with E-state index in [0.717, 1.165) is 6.07 Å². The van der Waals surface area contributed by atoms with E-state index >= 15 is 0 Å². The molecular weight excluding hydrogens is 252 g/mol. The molecular formula is C9H11ClN2O3S. The Kier molecular flexibility index (Phi) is 3.79. The van der Waals surface area contributed by atoms with Gasteiger partial charge in [-0.15, -0.1) is 0 Å². The topological polar surface area (TPSA) is 92.4 Å². The maximum absolute atomic E-state index is 11.7. The maximum atomic E-state index is 11.7. The summed E-state index contributed by atoms with van der Waals surface area (Å²) in [4.78, 5) is -0.0410. The van der Waals surface area contributed by atoms with Gasteiger partial charge in [0.05, 0.1) is 10.6 Å². The van der Waals surface area contributed by atoms with Crippen molar-refractivity contribution in [1.82, 2.24) is 4.72 Å². The number of aromatic hydroxyl groups is 1. The molecule has 0 heterocycles. The summed E-state index contributed by atoms with van der Waals surface area (Å²) in [6.07, 6.45) is 0. The highest BCUT2D eigenvalue weighted by molar-refractivity contribution is 7.89. The van der Waals surface area contributed by atoms with Gasteiger partial charge in [-0.3, -0.25) is 0 Å². The molecule has 5 nitrogen and oxygen atoms in total. The number of phenols is 1. The number of nitrogens with one attached hydrogen (secondary N) is 1. The van der Waals surface area contributed by atoms with E-state index in [1.165, 1.54) is 12.1 Å². The van der Waals surface area contributed by atoms with Crippen LogP contribution in [0.2, 0.25) is 0 Å². The number of nitrogen functional groups attached to an aromatic ring is 1. The monoisotopic (exact) mass is 262 g/mol. The Balaban J connectivity index is 2.99. The van der Waals surface area contributed by atoms with Crippen molar-refractivity contribution in [3.63, 3.8) is 0 Å². The van der Waals surface area contributed by atoms with Crippen molar-refractivity contribution in [2.24, 2.45) is 0 Å². The maximum Gasteiger partial charge on any atom is 0.240 e. The number of nitrogens with two attached hydrogens (primary N) is 1. The number of sulfonamides is 1. The van der Waals surface area contributed by atoms with E-state index in [4.69, 9.17) is 22.4 Å². The highest BCUT2D eigenvalue weighted by Gasteiger charge is 2.14. The first-order valence-corrected chi connectivity index (χ1v) is 6.10. The summed E-state index contributed by atoms with van der Waals surface area (Å²) in [5.41, 5.74) is 5.38. The smallest absolute Gasteiger partial charge is 0.240 e. The summed E-state index contributed by atoms with van der Waals surface area (Å²) in [7, 11) is -3.68. The molecule has 0 radical (unpaired) electrons. The highest BCUT2D eigenvalue weighted by Crippen LogP contribution is 2.22. The standard InChI is InChI=1S/C9H11ClN2O3S/c1-6(10)5-12-16(14,15)7-2-3-9(13)8(11)4-7/h2-4,12-13H,1,5,11H2. The van der Waals surface area contributed by atoms with E-state index in [1.54, 1.807) is 0 Å². The summed E-state index contributed by atoms with van der Waals surface area (Å²) >= 11 is 5.44. The van der Waals surface area contributed by atoms with Crippen LogP contribution in [0.4, 0.5) is 5.69 Å². The largest absolute Gasteiger partial charge is 0.506 e. The molecule has 4 N–H and O–H groups in total. The van der Waals surface area contributed by atoms with Crippen LogP contribution in [0.5, 0.6) is 5.75 Å². The quantitative estimate of drug-likeness (QED) is 0.558. The zero-order chi connectivity index (χ0) is 12.3. The molecule has 0 fully saturated rings. The number of anilines is 1. The van der Waals surface area contributed by atoms with Gasteiger partial charge in [-0.25, -0.2) is 13.1 Å². The molecule has 16 heavy (non-hydrogen) atoms. The van der Waals surface area contributed by atoms with E-state index < -0.39 is 10.0 Å². The Morgan fingerprint density at radius 1 is 1.56 bits per heavy atom. The van der Waals surface area contributed by atoms with Crippen LogP contribution in [0.15, 0.2) is 34.7 Å². The van der Waals surface area contributed by atoms with Gasteiger partial charge < -0.3 is 10.8 Å². The van der Waals surface area contributed by atoms with Crippen LogP contribution >= 0.6 is 11.6 Å². The number of phenolic OH excluding ortho intramolecular Hbond substituents is 1. The van der Waals surface area contributed by atoms with Crippen molar-refractivity contribution in [2.75, 3.05) is 12.3 Å². The molecule has 0 aliphatic carbocycles. The van der Waals surface area contributed by atoms with Gasteiger partial charge in [0.25, 0.3) is 0 Å². The van der Waals surface area contributed by atoms with Gasteiger partial charge in [-0.1, -0.05) is 18.2 Å². The normalized spacial score (nSPS) is 11.3. The van der Waals surface area contributed by atoms with E-state index in [9.17, 15) is 8.42 Å². The van der Waals surface area contributed by atoms with E-state index in [2.05, 4.69) is 11.3 Å². The molecule has 0 amide bonds. The first kappa shape index (κ1) is 12.8. The second-order valence-corrected chi connectivity index (χ2v) is 5.36. The Morgan fingerprint density at radius 2 is 2.19 bits per heavy atom. The molecule has 88 valence electrons. The van der Waals surface area contributed by atoms with Crippen molar-refractivity contribution in [3.05, 3.63) is 29.8 Å². The van der Waals surface area contributed by atoms with Gasteiger partial charge in [-0.2, -0.15) is 0 Å². The third-order valence-corrected chi connectivity index (χ3v) is 3.30. The Morgan fingerprint density at radius 3 is 2.69 bits per heavy atom. The van der Waals surface area contributed by atoms with E-state index in [-0.39, 0.29) is 27.9 Å². The second kappa shape index (κ2) is 4.73. The lowest BCUT2D eigenvalue weighted by Gasteiger charge is -2.07. The van der Waals surface area contributed by atoms with Crippen LogP contribution in [0.3, 0.4) is 0 Å². The van der Waals surface area contributed by atoms with Crippen LogP contribution in [0, 0.1) is 0 Å². The fraction of sp³-hybridized carbons (Fsp3) is 0.111.